The van der Waals surface area contributed by atoms with Crippen LogP contribution in [0.15, 0.2) is 24.3 Å². The molecule has 1 heterocycles. The van der Waals surface area contributed by atoms with E-state index in [9.17, 15) is 0 Å². The normalized spacial score (nSPS) is 21.2. The van der Waals surface area contributed by atoms with E-state index in [-0.39, 0.29) is 0 Å². The Morgan fingerprint density at radius 3 is 2.94 bits per heavy atom. The van der Waals surface area contributed by atoms with Crippen molar-refractivity contribution in [3.8, 4) is 5.75 Å². The summed E-state index contributed by atoms with van der Waals surface area (Å²) in [6.07, 6.45) is 3.70. The van der Waals surface area contributed by atoms with Crippen molar-refractivity contribution in [3.05, 3.63) is 24.3 Å². The molecule has 1 aromatic rings. The number of hydrogen-bond acceptors (Lipinski definition) is 3. The molecule has 0 spiro atoms. The number of likely N-dealkylation sites (tertiary alicyclic amines) is 1. The van der Waals surface area contributed by atoms with Crippen LogP contribution in [0, 0.1) is 0 Å². The Kier molecular flexibility index (Phi) is 3.67. The number of nitrogen functional groups attached to an aromatic ring is 1. The molecule has 0 saturated carbocycles. The fourth-order valence-electron chi connectivity index (χ4n) is 2.26. The molecule has 2 rings (SSSR count). The third-order valence-electron chi connectivity index (χ3n) is 3.30. The summed E-state index contributed by atoms with van der Waals surface area (Å²) in [5.74, 6) is 0.808. The fraction of sp³-hybridized carbons (Fsp3) is 0.538. The van der Waals surface area contributed by atoms with Gasteiger partial charge in [0, 0.05) is 6.04 Å². The molecule has 1 aliphatic rings. The van der Waals surface area contributed by atoms with Crippen LogP contribution in [0.5, 0.6) is 5.75 Å². The molecule has 0 amide bonds. The van der Waals surface area contributed by atoms with Crippen LogP contribution < -0.4 is 10.5 Å². The van der Waals surface area contributed by atoms with Gasteiger partial charge in [-0.3, -0.25) is 0 Å². The molecule has 3 heteroatoms. The van der Waals surface area contributed by atoms with E-state index in [2.05, 4.69) is 11.9 Å². The Hall–Kier alpha value is -1.22. The highest BCUT2D eigenvalue weighted by atomic mass is 16.5. The lowest BCUT2D eigenvalue weighted by molar-refractivity contribution is 0.234. The summed E-state index contributed by atoms with van der Waals surface area (Å²) in [7, 11) is 2.19. The molecule has 1 unspecified atom stereocenters. The Balaban J connectivity index is 1.78. The van der Waals surface area contributed by atoms with Gasteiger partial charge < -0.3 is 15.4 Å². The van der Waals surface area contributed by atoms with Crippen molar-refractivity contribution in [3.63, 3.8) is 0 Å². The molecule has 0 bridgehead atoms. The number of benzene rings is 1. The van der Waals surface area contributed by atoms with Gasteiger partial charge in [0.25, 0.3) is 0 Å². The quantitative estimate of drug-likeness (QED) is 0.790. The first kappa shape index (κ1) is 11.3. The number of rotatable bonds is 4. The Morgan fingerprint density at radius 1 is 1.44 bits per heavy atom. The number of nitrogens with zero attached hydrogens (tertiary/aromatic N) is 1. The number of nitrogens with two attached hydrogens (primary N) is 1. The maximum atomic E-state index is 5.81. The second-order valence-corrected chi connectivity index (χ2v) is 4.45. The zero-order chi connectivity index (χ0) is 11.4. The summed E-state index contributed by atoms with van der Waals surface area (Å²) in [6.45, 7) is 1.97. The summed E-state index contributed by atoms with van der Waals surface area (Å²) >= 11 is 0. The third-order valence-corrected chi connectivity index (χ3v) is 3.30. The molecule has 0 radical (unpaired) electrons. The Bertz CT molecular complexity index is 340. The van der Waals surface area contributed by atoms with Crippen molar-refractivity contribution in [2.24, 2.45) is 0 Å². The Labute approximate surface area is 97.2 Å². The summed E-state index contributed by atoms with van der Waals surface area (Å²) in [5.41, 5.74) is 6.53. The molecule has 0 aromatic heterocycles. The molecule has 1 saturated heterocycles. The van der Waals surface area contributed by atoms with E-state index in [0.717, 1.165) is 24.5 Å². The maximum Gasteiger partial charge on any atom is 0.142 e. The predicted molar refractivity (Wildman–Crippen MR) is 66.6 cm³/mol. The van der Waals surface area contributed by atoms with Crippen LogP contribution in [0.4, 0.5) is 5.69 Å². The largest absolute Gasteiger partial charge is 0.491 e. The minimum absolute atomic E-state index is 0.685. The average molecular weight is 220 g/mol. The molecule has 1 aromatic carbocycles. The van der Waals surface area contributed by atoms with E-state index in [1.165, 1.54) is 19.4 Å². The van der Waals surface area contributed by atoms with Gasteiger partial charge in [-0.15, -0.1) is 0 Å². The van der Waals surface area contributed by atoms with E-state index in [0.29, 0.717) is 6.04 Å². The van der Waals surface area contributed by atoms with Crippen molar-refractivity contribution in [2.45, 2.75) is 25.3 Å². The molecule has 1 aliphatic heterocycles. The van der Waals surface area contributed by atoms with Crippen LogP contribution in [0.25, 0.3) is 0 Å². The van der Waals surface area contributed by atoms with Gasteiger partial charge in [0.15, 0.2) is 0 Å². The highest BCUT2D eigenvalue weighted by Crippen LogP contribution is 2.22. The summed E-state index contributed by atoms with van der Waals surface area (Å²) in [5, 5.41) is 0. The second kappa shape index (κ2) is 5.21. The van der Waals surface area contributed by atoms with E-state index in [1.54, 1.807) is 0 Å². The molecule has 0 aliphatic carbocycles. The van der Waals surface area contributed by atoms with Gasteiger partial charge in [0.1, 0.15) is 5.75 Å². The average Bonchev–Trinajstić information content (AvgIpc) is 2.67. The molecular formula is C13H20N2O. The second-order valence-electron chi connectivity index (χ2n) is 4.45. The van der Waals surface area contributed by atoms with E-state index >= 15 is 0 Å². The minimum Gasteiger partial charge on any atom is -0.491 e. The van der Waals surface area contributed by atoms with Gasteiger partial charge >= 0.3 is 0 Å². The topological polar surface area (TPSA) is 38.5 Å². The first-order chi connectivity index (χ1) is 7.77. The van der Waals surface area contributed by atoms with Gasteiger partial charge in [-0.05, 0) is 45.0 Å². The highest BCUT2D eigenvalue weighted by molar-refractivity contribution is 5.51. The van der Waals surface area contributed by atoms with Gasteiger partial charge in [0.05, 0.1) is 12.3 Å². The van der Waals surface area contributed by atoms with Crippen molar-refractivity contribution in [2.75, 3.05) is 25.9 Å². The number of para-hydroxylation sites is 2. The molecule has 2 N–H and O–H groups in total. The summed E-state index contributed by atoms with van der Waals surface area (Å²) in [6, 6.07) is 8.36. The molecular weight excluding hydrogens is 200 g/mol. The predicted octanol–water partition coefficient (Wildman–Crippen LogP) is 2.13. The third kappa shape index (κ3) is 2.67. The van der Waals surface area contributed by atoms with Gasteiger partial charge in [-0.2, -0.15) is 0 Å². The maximum absolute atomic E-state index is 5.81. The summed E-state index contributed by atoms with van der Waals surface area (Å²) < 4.78 is 5.70. The first-order valence-electron chi connectivity index (χ1n) is 5.95. The molecule has 3 nitrogen and oxygen atoms in total. The number of ether oxygens (including phenoxy) is 1. The fourth-order valence-corrected chi connectivity index (χ4v) is 2.26. The molecule has 16 heavy (non-hydrogen) atoms. The van der Waals surface area contributed by atoms with Crippen molar-refractivity contribution >= 4 is 5.69 Å². The molecule has 88 valence electrons. The lowest BCUT2D eigenvalue weighted by atomic mass is 10.1. The smallest absolute Gasteiger partial charge is 0.142 e. The lowest BCUT2D eigenvalue weighted by Crippen LogP contribution is -2.26. The Morgan fingerprint density at radius 2 is 2.25 bits per heavy atom. The van der Waals surface area contributed by atoms with Crippen LogP contribution in [-0.4, -0.2) is 31.1 Å². The van der Waals surface area contributed by atoms with Gasteiger partial charge in [0.2, 0.25) is 0 Å². The number of anilines is 1. The standard InChI is InChI=1S/C13H20N2O/c1-15-9-4-5-11(15)8-10-16-13-7-3-2-6-12(13)14/h2-3,6-7,11H,4-5,8-10,14H2,1H3. The first-order valence-corrected chi connectivity index (χ1v) is 5.95. The van der Waals surface area contributed by atoms with Crippen LogP contribution >= 0.6 is 0 Å². The number of hydrogen-bond donors (Lipinski definition) is 1. The van der Waals surface area contributed by atoms with Gasteiger partial charge in [-0.1, -0.05) is 12.1 Å². The highest BCUT2D eigenvalue weighted by Gasteiger charge is 2.20. The van der Waals surface area contributed by atoms with E-state index < -0.39 is 0 Å². The van der Waals surface area contributed by atoms with Crippen LogP contribution in [0.3, 0.4) is 0 Å². The molecule has 1 atom stereocenters. The van der Waals surface area contributed by atoms with E-state index in [1.807, 2.05) is 24.3 Å². The van der Waals surface area contributed by atoms with Crippen LogP contribution in [0.1, 0.15) is 19.3 Å². The monoisotopic (exact) mass is 220 g/mol. The van der Waals surface area contributed by atoms with Crippen molar-refractivity contribution in [1.82, 2.24) is 4.90 Å². The van der Waals surface area contributed by atoms with E-state index in [4.69, 9.17) is 10.5 Å². The zero-order valence-corrected chi connectivity index (χ0v) is 9.86. The molecule has 1 fully saturated rings. The minimum atomic E-state index is 0.685. The SMILES string of the molecule is CN1CCCC1CCOc1ccccc1N. The van der Waals surface area contributed by atoms with Crippen molar-refractivity contribution in [1.29, 1.82) is 0 Å². The van der Waals surface area contributed by atoms with Crippen LogP contribution in [0.2, 0.25) is 0 Å². The lowest BCUT2D eigenvalue weighted by Gasteiger charge is -2.19. The van der Waals surface area contributed by atoms with Gasteiger partial charge in [-0.25, -0.2) is 0 Å². The van der Waals surface area contributed by atoms with Crippen LogP contribution in [-0.2, 0) is 0 Å². The summed E-state index contributed by atoms with van der Waals surface area (Å²) in [4.78, 5) is 2.41. The zero-order valence-electron chi connectivity index (χ0n) is 9.86. The van der Waals surface area contributed by atoms with Crippen molar-refractivity contribution < 1.29 is 4.74 Å².